The Morgan fingerprint density at radius 1 is 1.00 bits per heavy atom. The number of benzene rings is 1. The van der Waals surface area contributed by atoms with Crippen LogP contribution < -0.4 is 0 Å². The van der Waals surface area contributed by atoms with Gasteiger partial charge in [0, 0.05) is 12.3 Å². The van der Waals surface area contributed by atoms with E-state index in [9.17, 15) is 13.2 Å². The molecule has 1 saturated carbocycles. The molecule has 3 nitrogen and oxygen atoms in total. The molecule has 0 amide bonds. The zero-order chi connectivity index (χ0) is 19.4. The molecule has 1 aromatic carbocycles. The van der Waals surface area contributed by atoms with Gasteiger partial charge in [-0.3, -0.25) is 4.79 Å². The first-order valence-electron chi connectivity index (χ1n) is 9.95. The largest absolute Gasteiger partial charge is 0.299 e. The first-order valence-corrected chi connectivity index (χ1v) is 11.6. The molecule has 4 heteroatoms. The second-order valence-corrected chi connectivity index (χ2v) is 11.6. The van der Waals surface area contributed by atoms with E-state index >= 15 is 0 Å². The standard InChI is InChI=1S/C22H34O3S/c1-5-6-17-7-9-18(10-8-17)15-21(23)20-13-11-19(12-14-20)16-26(24,25)22(2,3)4/h7-10,19-20H,5-6,11-16H2,1-4H3. The fourth-order valence-electron chi connectivity index (χ4n) is 3.67. The number of carbonyl (C=O) groups is 1. The van der Waals surface area contributed by atoms with E-state index in [2.05, 4.69) is 31.2 Å². The molecule has 0 N–H and O–H groups in total. The number of rotatable bonds is 7. The van der Waals surface area contributed by atoms with Crippen molar-refractivity contribution in [2.45, 2.75) is 77.4 Å². The van der Waals surface area contributed by atoms with Crippen LogP contribution in [0.5, 0.6) is 0 Å². The van der Waals surface area contributed by atoms with Crippen molar-refractivity contribution in [1.82, 2.24) is 0 Å². The fourth-order valence-corrected chi connectivity index (χ4v) is 5.12. The van der Waals surface area contributed by atoms with Crippen LogP contribution >= 0.6 is 0 Å². The molecular formula is C22H34O3S. The lowest BCUT2D eigenvalue weighted by Crippen LogP contribution is -2.35. The highest BCUT2D eigenvalue weighted by atomic mass is 32.2. The van der Waals surface area contributed by atoms with Crippen LogP contribution in [-0.2, 0) is 27.5 Å². The molecule has 0 spiro atoms. The molecule has 26 heavy (non-hydrogen) atoms. The van der Waals surface area contributed by atoms with E-state index in [1.807, 2.05) is 0 Å². The second-order valence-electron chi connectivity index (χ2n) is 8.82. The summed E-state index contributed by atoms with van der Waals surface area (Å²) in [7, 11) is -3.08. The third-order valence-corrected chi connectivity index (χ3v) is 8.41. The Labute approximate surface area is 159 Å². The van der Waals surface area contributed by atoms with Crippen molar-refractivity contribution in [2.75, 3.05) is 5.75 Å². The molecule has 0 aliphatic heterocycles. The molecule has 0 bridgehead atoms. The maximum absolute atomic E-state index is 12.6. The van der Waals surface area contributed by atoms with E-state index in [1.165, 1.54) is 5.56 Å². The van der Waals surface area contributed by atoms with Gasteiger partial charge in [-0.05, 0) is 69.9 Å². The highest BCUT2D eigenvalue weighted by molar-refractivity contribution is 7.92. The Hall–Kier alpha value is -1.16. The van der Waals surface area contributed by atoms with E-state index in [0.717, 1.165) is 44.1 Å². The van der Waals surface area contributed by atoms with Crippen molar-refractivity contribution in [3.05, 3.63) is 35.4 Å². The third kappa shape index (κ3) is 5.67. The first kappa shape index (κ1) is 21.1. The summed E-state index contributed by atoms with van der Waals surface area (Å²) in [5.41, 5.74) is 2.41. The van der Waals surface area contributed by atoms with Crippen molar-refractivity contribution in [3.63, 3.8) is 0 Å². The van der Waals surface area contributed by atoms with Crippen LogP contribution in [-0.4, -0.2) is 24.7 Å². The Kier molecular flexibility index (Phi) is 7.06. The predicted octanol–water partition coefficient (Wildman–Crippen LogP) is 4.77. The quantitative estimate of drug-likeness (QED) is 0.687. The first-order chi connectivity index (χ1) is 12.1. The normalized spacial score (nSPS) is 21.5. The monoisotopic (exact) mass is 378 g/mol. The van der Waals surface area contributed by atoms with Crippen LogP contribution in [0, 0.1) is 11.8 Å². The van der Waals surface area contributed by atoms with Gasteiger partial charge in [0.25, 0.3) is 0 Å². The third-order valence-electron chi connectivity index (χ3n) is 5.63. The number of carbonyl (C=O) groups excluding carboxylic acids is 1. The zero-order valence-corrected chi connectivity index (χ0v) is 17.6. The minimum Gasteiger partial charge on any atom is -0.299 e. The Morgan fingerprint density at radius 2 is 1.54 bits per heavy atom. The summed E-state index contributed by atoms with van der Waals surface area (Å²) in [4.78, 5) is 12.6. The summed E-state index contributed by atoms with van der Waals surface area (Å²) in [6.45, 7) is 7.47. The van der Waals surface area contributed by atoms with Gasteiger partial charge in [0.1, 0.15) is 5.78 Å². The summed E-state index contributed by atoms with van der Waals surface area (Å²) >= 11 is 0. The van der Waals surface area contributed by atoms with E-state index in [-0.39, 0.29) is 17.6 Å². The van der Waals surface area contributed by atoms with Crippen LogP contribution in [0.2, 0.25) is 0 Å². The van der Waals surface area contributed by atoms with Gasteiger partial charge >= 0.3 is 0 Å². The average molecular weight is 379 g/mol. The second kappa shape index (κ2) is 8.69. The molecule has 1 aliphatic rings. The molecule has 1 fully saturated rings. The van der Waals surface area contributed by atoms with Crippen molar-refractivity contribution in [1.29, 1.82) is 0 Å². The van der Waals surface area contributed by atoms with Crippen LogP contribution in [0.3, 0.4) is 0 Å². The average Bonchev–Trinajstić information content (AvgIpc) is 2.56. The number of sulfone groups is 1. The van der Waals surface area contributed by atoms with Gasteiger partial charge in [-0.1, -0.05) is 37.6 Å². The number of aryl methyl sites for hydroxylation is 1. The summed E-state index contributed by atoms with van der Waals surface area (Å²) < 4.78 is 24.1. The Balaban J connectivity index is 1.84. The van der Waals surface area contributed by atoms with Crippen LogP contribution in [0.25, 0.3) is 0 Å². The molecule has 0 radical (unpaired) electrons. The highest BCUT2D eigenvalue weighted by Gasteiger charge is 2.34. The van der Waals surface area contributed by atoms with Crippen LogP contribution in [0.4, 0.5) is 0 Å². The van der Waals surface area contributed by atoms with Gasteiger partial charge in [-0.25, -0.2) is 8.42 Å². The minimum absolute atomic E-state index is 0.0962. The number of Topliss-reactive ketones (excluding diaryl/α,β-unsaturated/α-hetero) is 1. The van der Waals surface area contributed by atoms with Crippen molar-refractivity contribution >= 4 is 15.6 Å². The lowest BCUT2D eigenvalue weighted by molar-refractivity contribution is -0.123. The molecule has 1 aliphatic carbocycles. The van der Waals surface area contributed by atoms with E-state index in [1.54, 1.807) is 20.8 Å². The number of hydrogen-bond acceptors (Lipinski definition) is 3. The van der Waals surface area contributed by atoms with Gasteiger partial charge in [-0.2, -0.15) is 0 Å². The van der Waals surface area contributed by atoms with Gasteiger partial charge in [0.15, 0.2) is 9.84 Å². The zero-order valence-electron chi connectivity index (χ0n) is 16.8. The maximum Gasteiger partial charge on any atom is 0.155 e. The summed E-state index contributed by atoms with van der Waals surface area (Å²) in [6, 6.07) is 8.40. The molecule has 146 valence electrons. The fraction of sp³-hybridized carbons (Fsp3) is 0.682. The summed E-state index contributed by atoms with van der Waals surface area (Å²) in [5, 5.41) is 0. The summed E-state index contributed by atoms with van der Waals surface area (Å²) in [5.74, 6) is 0.872. The number of hydrogen-bond donors (Lipinski definition) is 0. The van der Waals surface area contributed by atoms with Crippen molar-refractivity contribution in [3.8, 4) is 0 Å². The van der Waals surface area contributed by atoms with Gasteiger partial charge in [0.2, 0.25) is 0 Å². The molecule has 0 atom stereocenters. The SMILES string of the molecule is CCCc1ccc(CC(=O)C2CCC(CS(=O)(=O)C(C)(C)C)CC2)cc1. The Morgan fingerprint density at radius 3 is 2.04 bits per heavy atom. The molecular weight excluding hydrogens is 344 g/mol. The topological polar surface area (TPSA) is 51.2 Å². The van der Waals surface area contributed by atoms with E-state index in [4.69, 9.17) is 0 Å². The molecule has 0 saturated heterocycles. The van der Waals surface area contributed by atoms with Crippen LogP contribution in [0.15, 0.2) is 24.3 Å². The van der Waals surface area contributed by atoms with E-state index < -0.39 is 14.6 Å². The molecule has 0 aromatic heterocycles. The van der Waals surface area contributed by atoms with Crippen LogP contribution in [0.1, 0.15) is 70.9 Å². The van der Waals surface area contributed by atoms with Gasteiger partial charge < -0.3 is 0 Å². The van der Waals surface area contributed by atoms with E-state index in [0.29, 0.717) is 12.2 Å². The van der Waals surface area contributed by atoms with Gasteiger partial charge in [-0.15, -0.1) is 0 Å². The summed E-state index contributed by atoms with van der Waals surface area (Å²) in [6.07, 6.45) is 6.07. The maximum atomic E-state index is 12.6. The van der Waals surface area contributed by atoms with Crippen molar-refractivity contribution < 1.29 is 13.2 Å². The minimum atomic E-state index is -3.08. The Bertz CT molecular complexity index is 688. The highest BCUT2D eigenvalue weighted by Crippen LogP contribution is 2.32. The molecule has 0 heterocycles. The number of ketones is 1. The smallest absolute Gasteiger partial charge is 0.155 e. The lowest BCUT2D eigenvalue weighted by atomic mass is 9.79. The lowest BCUT2D eigenvalue weighted by Gasteiger charge is -2.30. The predicted molar refractivity (Wildman–Crippen MR) is 108 cm³/mol. The van der Waals surface area contributed by atoms with Crippen molar-refractivity contribution in [2.24, 2.45) is 11.8 Å². The molecule has 0 unspecified atom stereocenters. The van der Waals surface area contributed by atoms with Gasteiger partial charge in [0.05, 0.1) is 10.5 Å². The molecule has 1 aromatic rings. The molecule has 2 rings (SSSR count).